The lowest BCUT2D eigenvalue weighted by Crippen LogP contribution is -2.28. The van der Waals surface area contributed by atoms with Gasteiger partial charge in [0.1, 0.15) is 0 Å². The standard InChI is InChI=1S/C9H16N6/c10-8-12-9(14-13-8)11-6-3-4-15(5-6)7-1-2-7/h6-7H,1-5H2,(H4,10,11,12,13,14). The van der Waals surface area contributed by atoms with Crippen molar-refractivity contribution in [3.05, 3.63) is 0 Å². The molecule has 2 aliphatic rings. The second-order valence-electron chi connectivity index (χ2n) is 4.40. The number of likely N-dealkylation sites (tertiary alicyclic amines) is 1. The van der Waals surface area contributed by atoms with Gasteiger partial charge in [0, 0.05) is 25.2 Å². The monoisotopic (exact) mass is 208 g/mol. The van der Waals surface area contributed by atoms with Crippen molar-refractivity contribution in [2.45, 2.75) is 31.3 Å². The van der Waals surface area contributed by atoms with Crippen LogP contribution in [-0.2, 0) is 0 Å². The second kappa shape index (κ2) is 3.37. The van der Waals surface area contributed by atoms with Crippen LogP contribution in [0.3, 0.4) is 0 Å². The lowest BCUT2D eigenvalue weighted by molar-refractivity contribution is 0.326. The zero-order valence-corrected chi connectivity index (χ0v) is 8.61. The molecule has 1 aliphatic carbocycles. The molecule has 6 heteroatoms. The fraction of sp³-hybridized carbons (Fsp3) is 0.778. The number of nitrogen functional groups attached to an aromatic ring is 1. The van der Waals surface area contributed by atoms with E-state index >= 15 is 0 Å². The van der Waals surface area contributed by atoms with Gasteiger partial charge in [-0.3, -0.25) is 4.90 Å². The molecule has 0 radical (unpaired) electrons. The largest absolute Gasteiger partial charge is 0.368 e. The average molecular weight is 208 g/mol. The van der Waals surface area contributed by atoms with E-state index in [4.69, 9.17) is 5.73 Å². The predicted octanol–water partition coefficient (Wildman–Crippen LogP) is 0.0355. The summed E-state index contributed by atoms with van der Waals surface area (Å²) in [6.07, 6.45) is 3.92. The number of hydrogen-bond donors (Lipinski definition) is 3. The van der Waals surface area contributed by atoms with Gasteiger partial charge >= 0.3 is 0 Å². The lowest BCUT2D eigenvalue weighted by atomic mass is 10.3. The molecule has 2 fully saturated rings. The van der Waals surface area contributed by atoms with Crippen LogP contribution < -0.4 is 11.1 Å². The van der Waals surface area contributed by atoms with Gasteiger partial charge in [0.05, 0.1) is 0 Å². The van der Waals surface area contributed by atoms with Crippen LogP contribution >= 0.6 is 0 Å². The van der Waals surface area contributed by atoms with Crippen LogP contribution in [0.15, 0.2) is 0 Å². The summed E-state index contributed by atoms with van der Waals surface area (Å²) in [5, 5.41) is 9.90. The van der Waals surface area contributed by atoms with Crippen LogP contribution in [0.5, 0.6) is 0 Å². The van der Waals surface area contributed by atoms with Crippen LogP contribution in [0.1, 0.15) is 19.3 Å². The van der Waals surface area contributed by atoms with Crippen molar-refractivity contribution >= 4 is 11.9 Å². The third-order valence-electron chi connectivity index (χ3n) is 3.12. The van der Waals surface area contributed by atoms with Gasteiger partial charge in [-0.05, 0) is 19.3 Å². The fourth-order valence-electron chi connectivity index (χ4n) is 2.20. The third-order valence-corrected chi connectivity index (χ3v) is 3.12. The van der Waals surface area contributed by atoms with Crippen LogP contribution in [-0.4, -0.2) is 45.3 Å². The molecule has 3 rings (SSSR count). The molecular weight excluding hydrogens is 192 g/mol. The molecule has 0 bridgehead atoms. The molecular formula is C9H16N6. The topological polar surface area (TPSA) is 82.9 Å². The van der Waals surface area contributed by atoms with Crippen molar-refractivity contribution < 1.29 is 0 Å². The van der Waals surface area contributed by atoms with Crippen LogP contribution in [0.25, 0.3) is 0 Å². The number of nitrogens with two attached hydrogens (primary N) is 1. The highest BCUT2D eigenvalue weighted by Gasteiger charge is 2.34. The smallest absolute Gasteiger partial charge is 0.243 e. The van der Waals surface area contributed by atoms with E-state index in [2.05, 4.69) is 25.4 Å². The Bertz CT molecular complexity index is 344. The quantitative estimate of drug-likeness (QED) is 0.653. The minimum absolute atomic E-state index is 0.370. The van der Waals surface area contributed by atoms with Crippen molar-refractivity contribution in [2.24, 2.45) is 0 Å². The number of nitrogens with one attached hydrogen (secondary N) is 2. The molecule has 1 saturated carbocycles. The SMILES string of the molecule is Nc1nc(NC2CCN(C3CC3)C2)n[nH]1. The maximum absolute atomic E-state index is 5.46. The number of anilines is 2. The summed E-state index contributed by atoms with van der Waals surface area (Å²) in [5.74, 6) is 0.990. The Hall–Kier alpha value is -1.30. The summed E-state index contributed by atoms with van der Waals surface area (Å²) in [4.78, 5) is 6.59. The Morgan fingerprint density at radius 3 is 2.93 bits per heavy atom. The van der Waals surface area contributed by atoms with Gasteiger partial charge < -0.3 is 11.1 Å². The molecule has 15 heavy (non-hydrogen) atoms. The molecule has 1 unspecified atom stereocenters. The van der Waals surface area contributed by atoms with Crippen LogP contribution in [0.2, 0.25) is 0 Å². The third kappa shape index (κ3) is 1.90. The van der Waals surface area contributed by atoms with Gasteiger partial charge in [-0.1, -0.05) is 0 Å². The molecule has 82 valence electrons. The number of hydrogen-bond acceptors (Lipinski definition) is 5. The first-order valence-electron chi connectivity index (χ1n) is 5.50. The van der Waals surface area contributed by atoms with Crippen molar-refractivity contribution in [3.63, 3.8) is 0 Å². The number of nitrogens with zero attached hydrogens (tertiary/aromatic N) is 3. The molecule has 2 heterocycles. The molecule has 0 aromatic carbocycles. The highest BCUT2D eigenvalue weighted by Crippen LogP contribution is 2.30. The van der Waals surface area contributed by atoms with Gasteiger partial charge in [-0.25, -0.2) is 5.10 Å². The summed E-state index contributed by atoms with van der Waals surface area (Å²) in [6.45, 7) is 2.31. The molecule has 1 aliphatic heterocycles. The Kier molecular flexibility index (Phi) is 2.02. The number of aromatic nitrogens is 3. The Balaban J connectivity index is 1.56. The summed E-state index contributed by atoms with van der Waals surface area (Å²) >= 11 is 0. The van der Waals surface area contributed by atoms with E-state index in [1.807, 2.05) is 0 Å². The second-order valence-corrected chi connectivity index (χ2v) is 4.40. The van der Waals surface area contributed by atoms with Gasteiger partial charge in [0.2, 0.25) is 11.9 Å². The molecule has 0 spiro atoms. The van der Waals surface area contributed by atoms with E-state index in [1.165, 1.54) is 25.8 Å². The number of aromatic amines is 1. The normalized spacial score (nSPS) is 27.1. The van der Waals surface area contributed by atoms with E-state index in [-0.39, 0.29) is 0 Å². The Morgan fingerprint density at radius 2 is 2.27 bits per heavy atom. The van der Waals surface area contributed by atoms with Crippen molar-refractivity contribution in [2.75, 3.05) is 24.1 Å². The average Bonchev–Trinajstić information content (AvgIpc) is 2.84. The van der Waals surface area contributed by atoms with Crippen molar-refractivity contribution in [1.29, 1.82) is 0 Å². The van der Waals surface area contributed by atoms with E-state index in [0.29, 0.717) is 17.9 Å². The highest BCUT2D eigenvalue weighted by molar-refractivity contribution is 5.31. The van der Waals surface area contributed by atoms with Crippen LogP contribution in [0.4, 0.5) is 11.9 Å². The summed E-state index contributed by atoms with van der Waals surface area (Å²) < 4.78 is 0. The van der Waals surface area contributed by atoms with E-state index < -0.39 is 0 Å². The first kappa shape index (κ1) is 8.96. The molecule has 1 aromatic heterocycles. The van der Waals surface area contributed by atoms with Crippen LogP contribution in [0, 0.1) is 0 Å². The maximum Gasteiger partial charge on any atom is 0.243 e. The minimum Gasteiger partial charge on any atom is -0.368 e. The Labute approximate surface area is 88.2 Å². The first-order valence-corrected chi connectivity index (χ1v) is 5.50. The summed E-state index contributed by atoms with van der Waals surface area (Å²) in [7, 11) is 0. The molecule has 1 saturated heterocycles. The lowest BCUT2D eigenvalue weighted by Gasteiger charge is -2.14. The van der Waals surface area contributed by atoms with Crippen molar-refractivity contribution in [1.82, 2.24) is 20.1 Å². The fourth-order valence-corrected chi connectivity index (χ4v) is 2.20. The van der Waals surface area contributed by atoms with Crippen molar-refractivity contribution in [3.8, 4) is 0 Å². The van der Waals surface area contributed by atoms with Gasteiger partial charge in [0.15, 0.2) is 0 Å². The summed E-state index contributed by atoms with van der Waals surface area (Å²) in [5.41, 5.74) is 5.46. The molecule has 6 nitrogen and oxygen atoms in total. The molecule has 1 aromatic rings. The van der Waals surface area contributed by atoms with E-state index in [1.54, 1.807) is 0 Å². The minimum atomic E-state index is 0.370. The predicted molar refractivity (Wildman–Crippen MR) is 57.4 cm³/mol. The van der Waals surface area contributed by atoms with Gasteiger partial charge in [-0.15, -0.1) is 5.10 Å². The number of rotatable bonds is 3. The first-order chi connectivity index (χ1) is 7.31. The van der Waals surface area contributed by atoms with E-state index in [0.717, 1.165) is 12.6 Å². The molecule has 1 atom stereocenters. The number of H-pyrrole nitrogens is 1. The maximum atomic E-state index is 5.46. The zero-order valence-electron chi connectivity index (χ0n) is 8.61. The van der Waals surface area contributed by atoms with Gasteiger partial charge in [0.25, 0.3) is 0 Å². The van der Waals surface area contributed by atoms with Gasteiger partial charge in [-0.2, -0.15) is 4.98 Å². The zero-order chi connectivity index (χ0) is 10.3. The molecule has 4 N–H and O–H groups in total. The highest BCUT2D eigenvalue weighted by atomic mass is 15.3. The summed E-state index contributed by atoms with van der Waals surface area (Å²) in [6, 6.07) is 1.33. The Morgan fingerprint density at radius 1 is 1.40 bits per heavy atom. The molecule has 0 amide bonds. The van der Waals surface area contributed by atoms with E-state index in [9.17, 15) is 0 Å².